The third-order valence-electron chi connectivity index (χ3n) is 4.48. The van der Waals surface area contributed by atoms with E-state index in [0.717, 1.165) is 16.6 Å². The van der Waals surface area contributed by atoms with Crippen LogP contribution in [0.4, 0.5) is 28.7 Å². The second-order valence-corrected chi connectivity index (χ2v) is 6.48. The summed E-state index contributed by atoms with van der Waals surface area (Å²) in [5, 5.41) is 18.7. The van der Waals surface area contributed by atoms with Crippen LogP contribution in [0, 0.1) is 17.0 Å². The van der Waals surface area contributed by atoms with Crippen LogP contribution in [0.2, 0.25) is 0 Å². The van der Waals surface area contributed by atoms with Crippen LogP contribution in [0.5, 0.6) is 5.75 Å². The van der Waals surface area contributed by atoms with E-state index in [1.54, 1.807) is 31.4 Å². The molecule has 30 heavy (non-hydrogen) atoms. The van der Waals surface area contributed by atoms with Gasteiger partial charge in [0.05, 0.1) is 17.5 Å². The number of nitro groups is 1. The van der Waals surface area contributed by atoms with E-state index in [1.165, 1.54) is 6.33 Å². The molecular formula is C21H18N6O3. The van der Waals surface area contributed by atoms with Gasteiger partial charge in [0.1, 0.15) is 12.1 Å². The highest BCUT2D eigenvalue weighted by atomic mass is 16.6. The third kappa shape index (κ3) is 3.81. The predicted molar refractivity (Wildman–Crippen MR) is 115 cm³/mol. The van der Waals surface area contributed by atoms with Crippen molar-refractivity contribution in [1.82, 2.24) is 15.0 Å². The lowest BCUT2D eigenvalue weighted by atomic mass is 10.1. The summed E-state index contributed by atoms with van der Waals surface area (Å²) in [7, 11) is 1.57. The van der Waals surface area contributed by atoms with Gasteiger partial charge in [-0.15, -0.1) is 0 Å². The number of fused-ring (bicyclic) bond motifs is 1. The zero-order chi connectivity index (χ0) is 21.1. The van der Waals surface area contributed by atoms with Crippen LogP contribution in [-0.4, -0.2) is 27.0 Å². The van der Waals surface area contributed by atoms with Crippen LogP contribution in [0.15, 0.2) is 60.9 Å². The molecule has 2 aromatic carbocycles. The monoisotopic (exact) mass is 402 g/mol. The van der Waals surface area contributed by atoms with E-state index in [4.69, 9.17) is 4.74 Å². The third-order valence-corrected chi connectivity index (χ3v) is 4.48. The first-order valence-corrected chi connectivity index (χ1v) is 9.09. The van der Waals surface area contributed by atoms with Crippen molar-refractivity contribution in [3.63, 3.8) is 0 Å². The summed E-state index contributed by atoms with van der Waals surface area (Å²) < 4.78 is 5.13. The topological polar surface area (TPSA) is 115 Å². The van der Waals surface area contributed by atoms with Gasteiger partial charge in [0.25, 0.3) is 0 Å². The molecule has 0 saturated heterocycles. The number of aromatic nitrogens is 3. The summed E-state index contributed by atoms with van der Waals surface area (Å²) in [6.07, 6.45) is 1.27. The molecule has 9 heteroatoms. The van der Waals surface area contributed by atoms with Gasteiger partial charge >= 0.3 is 5.69 Å². The Labute approximate surface area is 171 Å². The number of aryl methyl sites for hydroxylation is 1. The van der Waals surface area contributed by atoms with Gasteiger partial charge < -0.3 is 15.4 Å². The first-order chi connectivity index (χ1) is 14.5. The fourth-order valence-corrected chi connectivity index (χ4v) is 3.04. The van der Waals surface area contributed by atoms with Gasteiger partial charge in [-0.3, -0.25) is 15.1 Å². The Hall–Kier alpha value is -4.27. The van der Waals surface area contributed by atoms with Crippen molar-refractivity contribution in [2.45, 2.75) is 6.92 Å². The molecule has 0 aliphatic rings. The van der Waals surface area contributed by atoms with Gasteiger partial charge in [-0.25, -0.2) is 9.97 Å². The minimum absolute atomic E-state index is 0.0804. The highest BCUT2D eigenvalue weighted by molar-refractivity contribution is 5.94. The van der Waals surface area contributed by atoms with Gasteiger partial charge in [0.15, 0.2) is 0 Å². The molecule has 0 radical (unpaired) electrons. The van der Waals surface area contributed by atoms with E-state index >= 15 is 0 Å². The average Bonchev–Trinajstić information content (AvgIpc) is 2.74. The molecule has 9 nitrogen and oxygen atoms in total. The molecule has 0 amide bonds. The number of hydrogen-bond donors (Lipinski definition) is 2. The predicted octanol–water partition coefficient (Wildman–Crippen LogP) is 4.74. The van der Waals surface area contributed by atoms with Crippen LogP contribution in [0.3, 0.4) is 0 Å². The zero-order valence-corrected chi connectivity index (χ0v) is 16.3. The first kappa shape index (κ1) is 19.1. The largest absolute Gasteiger partial charge is 0.497 e. The van der Waals surface area contributed by atoms with Crippen molar-refractivity contribution in [1.29, 1.82) is 0 Å². The summed E-state index contributed by atoms with van der Waals surface area (Å²) in [6.45, 7) is 1.91. The Bertz CT molecular complexity index is 1230. The van der Waals surface area contributed by atoms with E-state index in [2.05, 4.69) is 25.6 Å². The molecule has 0 unspecified atom stereocenters. The Morgan fingerprint density at radius 3 is 2.40 bits per heavy atom. The van der Waals surface area contributed by atoms with Crippen molar-refractivity contribution in [2.75, 3.05) is 17.7 Å². The lowest BCUT2D eigenvalue weighted by Gasteiger charge is -2.12. The summed E-state index contributed by atoms with van der Waals surface area (Å²) in [4.78, 5) is 24.0. The second kappa shape index (κ2) is 8.00. The Morgan fingerprint density at radius 2 is 1.70 bits per heavy atom. The molecule has 0 spiro atoms. The van der Waals surface area contributed by atoms with E-state index in [-0.39, 0.29) is 17.3 Å². The van der Waals surface area contributed by atoms with Crippen LogP contribution in [-0.2, 0) is 0 Å². The van der Waals surface area contributed by atoms with Gasteiger partial charge in [-0.2, -0.15) is 0 Å². The van der Waals surface area contributed by atoms with Crippen molar-refractivity contribution in [3.05, 3.63) is 76.7 Å². The molecule has 2 heterocycles. The summed E-state index contributed by atoms with van der Waals surface area (Å²) in [5.74, 6) is 0.843. The highest BCUT2D eigenvalue weighted by Gasteiger charge is 2.24. The molecule has 0 bridgehead atoms. The Kier molecular flexibility index (Phi) is 5.08. The van der Waals surface area contributed by atoms with Crippen molar-refractivity contribution in [2.24, 2.45) is 0 Å². The quantitative estimate of drug-likeness (QED) is 0.351. The lowest BCUT2D eigenvalue weighted by Crippen LogP contribution is -2.05. The molecule has 0 fully saturated rings. The maximum Gasteiger partial charge on any atom is 0.353 e. The molecule has 0 saturated carbocycles. The van der Waals surface area contributed by atoms with Crippen molar-refractivity contribution >= 4 is 39.6 Å². The van der Waals surface area contributed by atoms with Crippen LogP contribution >= 0.6 is 0 Å². The zero-order valence-electron chi connectivity index (χ0n) is 16.3. The summed E-state index contributed by atoms with van der Waals surface area (Å²) >= 11 is 0. The van der Waals surface area contributed by atoms with E-state index in [1.807, 2.05) is 37.3 Å². The molecule has 0 aliphatic heterocycles. The van der Waals surface area contributed by atoms with Crippen molar-refractivity contribution < 1.29 is 9.66 Å². The lowest BCUT2D eigenvalue weighted by molar-refractivity contribution is -0.383. The fourth-order valence-electron chi connectivity index (χ4n) is 3.04. The van der Waals surface area contributed by atoms with Crippen molar-refractivity contribution in [3.8, 4) is 5.75 Å². The number of rotatable bonds is 6. The molecular weight excluding hydrogens is 384 g/mol. The van der Waals surface area contributed by atoms with Gasteiger partial charge in [0.2, 0.25) is 11.6 Å². The maximum absolute atomic E-state index is 11.8. The van der Waals surface area contributed by atoms with Gasteiger partial charge in [0, 0.05) is 22.5 Å². The van der Waals surface area contributed by atoms with E-state index in [9.17, 15) is 10.1 Å². The van der Waals surface area contributed by atoms with Gasteiger partial charge in [-0.1, -0.05) is 6.07 Å². The number of ether oxygens (including phenoxy) is 1. The first-order valence-electron chi connectivity index (χ1n) is 9.09. The molecule has 150 valence electrons. The highest BCUT2D eigenvalue weighted by Crippen LogP contribution is 2.34. The number of nitrogens with zero attached hydrogens (tertiary/aromatic N) is 4. The fraction of sp³-hybridized carbons (Fsp3) is 0.0952. The molecule has 2 N–H and O–H groups in total. The summed E-state index contributed by atoms with van der Waals surface area (Å²) in [5.41, 5.74) is 2.71. The molecule has 2 aromatic heterocycles. The van der Waals surface area contributed by atoms with Crippen LogP contribution in [0.1, 0.15) is 5.69 Å². The van der Waals surface area contributed by atoms with E-state index < -0.39 is 4.92 Å². The number of pyridine rings is 1. The number of methoxy groups -OCH3 is 1. The smallest absolute Gasteiger partial charge is 0.353 e. The molecule has 0 aliphatic carbocycles. The Balaban J connectivity index is 1.72. The number of hydrogen-bond acceptors (Lipinski definition) is 8. The van der Waals surface area contributed by atoms with Crippen LogP contribution in [0.25, 0.3) is 10.9 Å². The normalized spacial score (nSPS) is 10.6. The minimum Gasteiger partial charge on any atom is -0.497 e. The number of nitrogens with one attached hydrogen (secondary N) is 2. The maximum atomic E-state index is 11.8. The average molecular weight is 402 g/mol. The number of anilines is 4. The van der Waals surface area contributed by atoms with Crippen LogP contribution < -0.4 is 15.4 Å². The minimum atomic E-state index is -0.512. The Morgan fingerprint density at radius 1 is 0.967 bits per heavy atom. The van der Waals surface area contributed by atoms with E-state index in [0.29, 0.717) is 17.1 Å². The second-order valence-electron chi connectivity index (χ2n) is 6.48. The SMILES string of the molecule is COc1ccc(Nc2ncnc(Nc3cccc4nc(C)ccc34)c2[N+](=O)[O-])cc1. The molecule has 4 rings (SSSR count). The summed E-state index contributed by atoms with van der Waals surface area (Å²) in [6, 6.07) is 16.3. The molecule has 0 atom stereocenters. The standard InChI is InChI=1S/C21H18N6O3/c1-13-6-11-16-17(24-13)4-3-5-18(16)26-21-19(27(28)29)20(22-12-23-21)25-14-7-9-15(30-2)10-8-14/h3-12H,1-2H3,(H2,22,23,25,26). The number of benzene rings is 2. The van der Waals surface area contributed by atoms with Gasteiger partial charge in [-0.05, 0) is 55.5 Å². The molecule has 4 aromatic rings.